The number of fused-ring (bicyclic) bond motifs is 1. The Balaban J connectivity index is 1.43. The molecular weight excluding hydrogens is 512 g/mol. The van der Waals surface area contributed by atoms with Crippen molar-refractivity contribution in [1.82, 2.24) is 40.6 Å². The monoisotopic (exact) mass is 530 g/mol. The van der Waals surface area contributed by atoms with E-state index in [-0.39, 0.29) is 11.4 Å². The molecule has 4 rings (SSSR count). The van der Waals surface area contributed by atoms with E-state index in [1.165, 1.54) is 69.6 Å². The molecule has 2 aliphatic rings. The van der Waals surface area contributed by atoms with Crippen LogP contribution in [0.1, 0.15) is 5.01 Å². The van der Waals surface area contributed by atoms with Crippen LogP contribution in [0.25, 0.3) is 0 Å². The Morgan fingerprint density at radius 1 is 1.42 bits per heavy atom. The number of nitrogens with one attached hydrogen (secondary N) is 1. The molecule has 2 N–H and O–H groups in total. The summed E-state index contributed by atoms with van der Waals surface area (Å²) in [5.41, 5.74) is -1.09. The van der Waals surface area contributed by atoms with E-state index in [1.54, 1.807) is 0 Å². The number of methoxy groups -OCH3 is 1. The number of carboxylic acid groups (broad SMARTS) is 1. The van der Waals surface area contributed by atoms with E-state index in [9.17, 15) is 19.5 Å². The lowest BCUT2D eigenvalue weighted by molar-refractivity contribution is -0.192. The van der Waals surface area contributed by atoms with Crippen LogP contribution in [-0.2, 0) is 25.0 Å². The Morgan fingerprint density at radius 3 is 2.88 bits per heavy atom. The Labute approximate surface area is 204 Å². The van der Waals surface area contributed by atoms with Gasteiger partial charge in [0.2, 0.25) is 5.91 Å². The number of carbonyl (C=O) groups is 3. The number of ether oxygens (including phenoxy) is 1. The fraction of sp³-hybridized carbons (Fsp3) is 0.500. The number of thioether (sulfide) groups is 3. The minimum Gasteiger partial charge on any atom is -0.477 e. The molecule has 0 radical (unpaired) electrons. The van der Waals surface area contributed by atoms with Gasteiger partial charge in [-0.2, -0.15) is 0 Å². The van der Waals surface area contributed by atoms with Gasteiger partial charge in [0.1, 0.15) is 22.4 Å². The van der Waals surface area contributed by atoms with Crippen LogP contribution in [0, 0.1) is 6.92 Å². The van der Waals surface area contributed by atoms with Gasteiger partial charge in [-0.3, -0.25) is 14.5 Å². The van der Waals surface area contributed by atoms with Gasteiger partial charge in [-0.25, -0.2) is 9.48 Å². The van der Waals surface area contributed by atoms with Crippen molar-refractivity contribution in [3.05, 3.63) is 22.6 Å². The first-order chi connectivity index (χ1) is 15.9. The van der Waals surface area contributed by atoms with E-state index in [1.807, 2.05) is 6.92 Å². The molecule has 4 heterocycles. The van der Waals surface area contributed by atoms with Crippen molar-refractivity contribution in [1.29, 1.82) is 0 Å². The topological polar surface area (TPSA) is 165 Å². The third-order valence-corrected chi connectivity index (χ3v) is 9.03. The zero-order valence-electron chi connectivity index (χ0n) is 17.3. The summed E-state index contributed by atoms with van der Waals surface area (Å²) in [6, 6.07) is 0. The number of carboxylic acids is 1. The molecule has 0 aromatic carbocycles. The van der Waals surface area contributed by atoms with Gasteiger partial charge in [0.15, 0.2) is 4.34 Å². The highest BCUT2D eigenvalue weighted by atomic mass is 32.2. The maximum absolute atomic E-state index is 13.1. The molecule has 0 aliphatic carbocycles. The summed E-state index contributed by atoms with van der Waals surface area (Å²) < 4.78 is 7.63. The third kappa shape index (κ3) is 4.72. The number of aliphatic carboxylic acids is 1. The zero-order valence-corrected chi connectivity index (χ0v) is 20.6. The molecule has 17 heteroatoms. The number of nitrogens with zero attached hydrogens (tertiary/aromatic N) is 7. The number of aromatic nitrogens is 6. The summed E-state index contributed by atoms with van der Waals surface area (Å²) in [6.45, 7) is 1.84. The Hall–Kier alpha value is -2.21. The number of β-lactam (4-membered cyclic amide) rings is 1. The van der Waals surface area contributed by atoms with E-state index >= 15 is 0 Å². The Kier molecular flexibility index (Phi) is 7.22. The molecule has 13 nitrogen and oxygen atoms in total. The molecule has 2 amide bonds. The van der Waals surface area contributed by atoms with E-state index < -0.39 is 28.9 Å². The molecule has 0 spiro atoms. The van der Waals surface area contributed by atoms with Crippen LogP contribution in [0.2, 0.25) is 0 Å². The number of hydrogen-bond acceptors (Lipinski definition) is 13. The van der Waals surface area contributed by atoms with Crippen molar-refractivity contribution in [3.63, 3.8) is 0 Å². The predicted molar refractivity (Wildman–Crippen MR) is 121 cm³/mol. The average Bonchev–Trinajstić information content (AvgIpc) is 3.46. The number of amides is 2. The molecule has 1 saturated heterocycles. The number of tetrazole rings is 1. The quantitative estimate of drug-likeness (QED) is 0.240. The van der Waals surface area contributed by atoms with Crippen LogP contribution >= 0.6 is 46.6 Å². The summed E-state index contributed by atoms with van der Waals surface area (Å²) in [7, 11) is 1.32. The van der Waals surface area contributed by atoms with Gasteiger partial charge in [0, 0.05) is 18.6 Å². The van der Waals surface area contributed by atoms with Gasteiger partial charge in [0.25, 0.3) is 11.6 Å². The maximum Gasteiger partial charge on any atom is 0.352 e. The van der Waals surface area contributed by atoms with Gasteiger partial charge >= 0.3 is 5.97 Å². The first-order valence-electron chi connectivity index (χ1n) is 9.34. The van der Waals surface area contributed by atoms with Gasteiger partial charge < -0.3 is 15.2 Å². The lowest BCUT2D eigenvalue weighted by Crippen LogP contribution is -2.80. The highest BCUT2D eigenvalue weighted by molar-refractivity contribution is 8.02. The molecule has 33 heavy (non-hydrogen) atoms. The van der Waals surface area contributed by atoms with Crippen molar-refractivity contribution in [2.45, 2.75) is 28.2 Å². The lowest BCUT2D eigenvalue weighted by atomic mass is 9.98. The van der Waals surface area contributed by atoms with Crippen molar-refractivity contribution in [2.75, 3.05) is 24.4 Å². The normalized spacial score (nSPS) is 22.2. The van der Waals surface area contributed by atoms with Crippen molar-refractivity contribution >= 4 is 64.4 Å². The minimum absolute atomic E-state index is 0.0421. The summed E-state index contributed by atoms with van der Waals surface area (Å²) >= 11 is 5.39. The predicted octanol–water partition coefficient (Wildman–Crippen LogP) is 0.0287. The van der Waals surface area contributed by atoms with Gasteiger partial charge in [0.05, 0.1) is 11.6 Å². The van der Waals surface area contributed by atoms with E-state index in [0.29, 0.717) is 23.0 Å². The largest absolute Gasteiger partial charge is 0.477 e. The second kappa shape index (κ2) is 9.96. The van der Waals surface area contributed by atoms with Crippen LogP contribution in [0.3, 0.4) is 0 Å². The van der Waals surface area contributed by atoms with Crippen LogP contribution in [0.4, 0.5) is 0 Å². The van der Waals surface area contributed by atoms with E-state index in [0.717, 1.165) is 9.35 Å². The molecule has 0 saturated carbocycles. The molecule has 2 aliphatic heterocycles. The summed E-state index contributed by atoms with van der Waals surface area (Å²) in [6.07, 6.45) is 1.43. The zero-order chi connectivity index (χ0) is 23.6. The van der Waals surface area contributed by atoms with Crippen LogP contribution in [0.5, 0.6) is 0 Å². The molecule has 2 aromatic heterocycles. The maximum atomic E-state index is 13.1. The molecule has 2 aromatic rings. The molecular formula is C16H18N8O5S4. The van der Waals surface area contributed by atoms with Crippen LogP contribution in [-0.4, -0.2) is 93.7 Å². The summed E-state index contributed by atoms with van der Waals surface area (Å²) in [4.78, 5) is 38.8. The standard InChI is InChI=1S/C16H18N8O5S4/c1-8-19-20-15(33-8)32-4-9-3-31-14-16(29-2,13(28)24(14)11(9)12(26)27)18-10(25)5-30-7-23-6-17-21-22-23/h6,14H,3-5,7H2,1-2H3,(H,18,25)(H,26,27)/t14?,16-/m1/s1. The third-order valence-electron chi connectivity index (χ3n) is 4.69. The fourth-order valence-electron chi connectivity index (χ4n) is 3.25. The van der Waals surface area contributed by atoms with Gasteiger partial charge in [-0.15, -0.1) is 38.8 Å². The fourth-order valence-corrected chi connectivity index (χ4v) is 7.30. The molecule has 1 fully saturated rings. The highest BCUT2D eigenvalue weighted by Gasteiger charge is 2.66. The van der Waals surface area contributed by atoms with Crippen molar-refractivity contribution in [3.8, 4) is 0 Å². The minimum atomic E-state index is -1.62. The van der Waals surface area contributed by atoms with Gasteiger partial charge in [-0.1, -0.05) is 23.1 Å². The lowest BCUT2D eigenvalue weighted by Gasteiger charge is -2.55. The summed E-state index contributed by atoms with van der Waals surface area (Å²) in [5, 5.41) is 31.3. The van der Waals surface area contributed by atoms with Gasteiger partial charge in [-0.05, 0) is 22.9 Å². The second-order valence-corrected chi connectivity index (χ2v) is 11.2. The number of rotatable bonds is 10. The van der Waals surface area contributed by atoms with Crippen LogP contribution in [0.15, 0.2) is 21.9 Å². The number of hydrogen-bond donors (Lipinski definition) is 2. The van der Waals surface area contributed by atoms with E-state index in [2.05, 4.69) is 31.0 Å². The summed E-state index contributed by atoms with van der Waals surface area (Å²) in [5.74, 6) is -1.11. The first kappa shape index (κ1) is 23.9. The van der Waals surface area contributed by atoms with E-state index in [4.69, 9.17) is 4.74 Å². The van der Waals surface area contributed by atoms with Crippen LogP contribution < -0.4 is 5.32 Å². The van der Waals surface area contributed by atoms with Crippen molar-refractivity contribution < 1.29 is 24.2 Å². The Morgan fingerprint density at radius 2 is 2.24 bits per heavy atom. The number of aryl methyl sites for hydroxylation is 1. The number of carbonyl (C=O) groups excluding carboxylic acids is 2. The molecule has 176 valence electrons. The molecule has 2 atom stereocenters. The molecule has 1 unspecified atom stereocenters. The second-order valence-electron chi connectivity index (χ2n) is 6.79. The Bertz CT molecular complexity index is 1090. The highest BCUT2D eigenvalue weighted by Crippen LogP contribution is 2.47. The SMILES string of the molecule is CO[C@]1(NC(=O)CSCn2cnnn2)C(=O)N2C(C(=O)O)=C(CSc3nnc(C)s3)CSC21. The molecule has 0 bridgehead atoms. The smallest absolute Gasteiger partial charge is 0.352 e. The van der Waals surface area contributed by atoms with Crippen molar-refractivity contribution in [2.24, 2.45) is 0 Å². The first-order valence-corrected chi connectivity index (χ1v) is 13.3. The average molecular weight is 531 g/mol.